The van der Waals surface area contributed by atoms with Gasteiger partial charge in [-0.3, -0.25) is 0 Å². The predicted molar refractivity (Wildman–Crippen MR) is 96.6 cm³/mol. The Bertz CT molecular complexity index is 738. The zero-order valence-electron chi connectivity index (χ0n) is 14.1. The number of aryl methyl sites for hydroxylation is 1. The molecule has 3 rings (SSSR count). The molecule has 0 saturated carbocycles. The van der Waals surface area contributed by atoms with Crippen molar-refractivity contribution in [1.29, 1.82) is 0 Å². The van der Waals surface area contributed by atoms with Gasteiger partial charge in [0, 0.05) is 31.4 Å². The average Bonchev–Trinajstić information content (AvgIpc) is 3.07. The fourth-order valence-electron chi connectivity index (χ4n) is 2.69. The van der Waals surface area contributed by atoms with Crippen LogP contribution in [0.3, 0.4) is 0 Å². The summed E-state index contributed by atoms with van der Waals surface area (Å²) in [6, 6.07) is 20.4. The van der Waals surface area contributed by atoms with E-state index in [0.717, 1.165) is 55.2 Å². The van der Waals surface area contributed by atoms with Crippen LogP contribution in [0.2, 0.25) is 0 Å². The number of hydrogen-bond donors (Lipinski definition) is 0. The van der Waals surface area contributed by atoms with Crippen molar-refractivity contribution in [2.45, 2.75) is 25.8 Å². The molecule has 0 fully saturated rings. The Hall–Kier alpha value is -2.46. The van der Waals surface area contributed by atoms with Crippen molar-refractivity contribution in [2.24, 2.45) is 0 Å². The fourth-order valence-corrected chi connectivity index (χ4v) is 2.69. The molecule has 4 nitrogen and oxygen atoms in total. The van der Waals surface area contributed by atoms with Gasteiger partial charge in [-0.05, 0) is 19.3 Å². The van der Waals surface area contributed by atoms with Gasteiger partial charge in [0.15, 0.2) is 11.6 Å². The third-order valence-corrected chi connectivity index (χ3v) is 3.95. The fraction of sp³-hybridized carbons (Fsp3) is 0.300. The van der Waals surface area contributed by atoms with Crippen LogP contribution in [0, 0.1) is 0 Å². The maximum Gasteiger partial charge on any atom is 0.181 e. The van der Waals surface area contributed by atoms with Gasteiger partial charge in [0.05, 0.1) is 0 Å². The molecule has 0 spiro atoms. The lowest BCUT2D eigenvalue weighted by molar-refractivity contribution is 0.191. The van der Waals surface area contributed by atoms with Crippen molar-refractivity contribution in [3.63, 3.8) is 0 Å². The number of hydrogen-bond acceptors (Lipinski definition) is 3. The van der Waals surface area contributed by atoms with E-state index in [0.29, 0.717) is 0 Å². The highest BCUT2D eigenvalue weighted by atomic mass is 16.5. The van der Waals surface area contributed by atoms with Crippen molar-refractivity contribution in [3.05, 3.63) is 60.7 Å². The lowest BCUT2D eigenvalue weighted by atomic mass is 10.2. The molecule has 0 saturated heterocycles. The lowest BCUT2D eigenvalue weighted by Gasteiger charge is -2.05. The van der Waals surface area contributed by atoms with E-state index in [9.17, 15) is 0 Å². The molecule has 0 radical (unpaired) electrons. The molecule has 0 unspecified atom stereocenters. The van der Waals surface area contributed by atoms with E-state index < -0.39 is 0 Å². The van der Waals surface area contributed by atoms with Crippen molar-refractivity contribution in [2.75, 3.05) is 13.7 Å². The molecule has 0 amide bonds. The van der Waals surface area contributed by atoms with Crippen molar-refractivity contribution < 1.29 is 4.74 Å². The summed E-state index contributed by atoms with van der Waals surface area (Å²) in [6.45, 7) is 1.69. The Morgan fingerprint density at radius 2 is 1.50 bits per heavy atom. The first-order chi connectivity index (χ1) is 11.9. The predicted octanol–water partition coefficient (Wildman–Crippen LogP) is 4.43. The standard InChI is InChI=1S/C20H23N3O/c1-24-16-10-4-9-15-23-20(18-13-7-3-8-14-18)21-19(22-23)17-11-5-2-6-12-17/h2-3,5-8,11-14H,4,9-10,15-16H2,1H3. The summed E-state index contributed by atoms with van der Waals surface area (Å²) in [7, 11) is 1.75. The monoisotopic (exact) mass is 321 g/mol. The highest BCUT2D eigenvalue weighted by molar-refractivity contribution is 5.61. The summed E-state index contributed by atoms with van der Waals surface area (Å²) in [5.41, 5.74) is 2.15. The molecule has 2 aromatic carbocycles. The van der Waals surface area contributed by atoms with Gasteiger partial charge < -0.3 is 4.74 Å². The van der Waals surface area contributed by atoms with E-state index in [-0.39, 0.29) is 0 Å². The highest BCUT2D eigenvalue weighted by Crippen LogP contribution is 2.22. The summed E-state index contributed by atoms with van der Waals surface area (Å²) >= 11 is 0. The molecule has 1 aromatic heterocycles. The zero-order valence-corrected chi connectivity index (χ0v) is 14.1. The van der Waals surface area contributed by atoms with E-state index in [1.807, 2.05) is 53.2 Å². The van der Waals surface area contributed by atoms with Gasteiger partial charge in [0.25, 0.3) is 0 Å². The van der Waals surface area contributed by atoms with Gasteiger partial charge in [-0.2, -0.15) is 5.10 Å². The van der Waals surface area contributed by atoms with Crippen LogP contribution in [0.4, 0.5) is 0 Å². The quantitative estimate of drug-likeness (QED) is 0.576. The molecule has 124 valence electrons. The van der Waals surface area contributed by atoms with Crippen LogP contribution in [0.25, 0.3) is 22.8 Å². The second kappa shape index (κ2) is 8.41. The molecule has 3 aromatic rings. The first-order valence-corrected chi connectivity index (χ1v) is 8.43. The normalized spacial score (nSPS) is 10.9. The van der Waals surface area contributed by atoms with Gasteiger partial charge in [0.1, 0.15) is 0 Å². The summed E-state index contributed by atoms with van der Waals surface area (Å²) in [4.78, 5) is 4.79. The molecular weight excluding hydrogens is 298 g/mol. The SMILES string of the molecule is COCCCCCn1nc(-c2ccccc2)nc1-c1ccccc1. The first-order valence-electron chi connectivity index (χ1n) is 8.43. The van der Waals surface area contributed by atoms with Gasteiger partial charge in [-0.25, -0.2) is 9.67 Å². The summed E-state index contributed by atoms with van der Waals surface area (Å²) in [5.74, 6) is 1.72. The van der Waals surface area contributed by atoms with Gasteiger partial charge in [0.2, 0.25) is 0 Å². The molecule has 1 heterocycles. The maximum atomic E-state index is 5.11. The molecular formula is C20H23N3O. The number of methoxy groups -OCH3 is 1. The second-order valence-electron chi connectivity index (χ2n) is 5.77. The smallest absolute Gasteiger partial charge is 0.181 e. The van der Waals surface area contributed by atoms with Crippen LogP contribution in [0.5, 0.6) is 0 Å². The Kier molecular flexibility index (Phi) is 5.75. The van der Waals surface area contributed by atoms with Gasteiger partial charge in [-0.15, -0.1) is 0 Å². The lowest BCUT2D eigenvalue weighted by Crippen LogP contribution is -2.03. The van der Waals surface area contributed by atoms with Gasteiger partial charge in [-0.1, -0.05) is 60.7 Å². The van der Waals surface area contributed by atoms with E-state index >= 15 is 0 Å². The molecule has 0 aliphatic rings. The Labute approximate surface area is 143 Å². The van der Waals surface area contributed by atoms with E-state index in [1.165, 1.54) is 0 Å². The van der Waals surface area contributed by atoms with Crippen molar-refractivity contribution in [1.82, 2.24) is 14.8 Å². The molecule has 0 aliphatic carbocycles. The summed E-state index contributed by atoms with van der Waals surface area (Å²) < 4.78 is 7.15. The maximum absolute atomic E-state index is 5.11. The first kappa shape index (κ1) is 16.4. The number of benzene rings is 2. The number of unbranched alkanes of at least 4 members (excludes halogenated alkanes) is 2. The Morgan fingerprint density at radius 3 is 2.17 bits per heavy atom. The number of nitrogens with zero attached hydrogens (tertiary/aromatic N) is 3. The minimum absolute atomic E-state index is 0.784. The number of rotatable bonds is 8. The molecule has 0 atom stereocenters. The Morgan fingerprint density at radius 1 is 0.833 bits per heavy atom. The van der Waals surface area contributed by atoms with Crippen LogP contribution >= 0.6 is 0 Å². The van der Waals surface area contributed by atoms with Crippen LogP contribution in [-0.2, 0) is 11.3 Å². The van der Waals surface area contributed by atoms with E-state index in [2.05, 4.69) is 12.1 Å². The van der Waals surface area contributed by atoms with Gasteiger partial charge >= 0.3 is 0 Å². The largest absolute Gasteiger partial charge is 0.385 e. The molecule has 0 aliphatic heterocycles. The minimum Gasteiger partial charge on any atom is -0.385 e. The Balaban J connectivity index is 1.83. The zero-order chi connectivity index (χ0) is 16.6. The average molecular weight is 321 g/mol. The number of aromatic nitrogens is 3. The molecule has 0 N–H and O–H groups in total. The molecule has 0 bridgehead atoms. The van der Waals surface area contributed by atoms with Crippen LogP contribution in [0.15, 0.2) is 60.7 Å². The topological polar surface area (TPSA) is 39.9 Å². The highest BCUT2D eigenvalue weighted by Gasteiger charge is 2.12. The molecule has 24 heavy (non-hydrogen) atoms. The van der Waals surface area contributed by atoms with Crippen molar-refractivity contribution in [3.8, 4) is 22.8 Å². The van der Waals surface area contributed by atoms with Crippen LogP contribution in [-0.4, -0.2) is 28.5 Å². The van der Waals surface area contributed by atoms with E-state index in [1.54, 1.807) is 7.11 Å². The van der Waals surface area contributed by atoms with Crippen molar-refractivity contribution >= 4 is 0 Å². The second-order valence-corrected chi connectivity index (χ2v) is 5.77. The van der Waals surface area contributed by atoms with E-state index in [4.69, 9.17) is 14.8 Å². The summed E-state index contributed by atoms with van der Waals surface area (Å²) in [5, 5.41) is 4.75. The third-order valence-electron chi connectivity index (χ3n) is 3.95. The summed E-state index contributed by atoms with van der Waals surface area (Å²) in [6.07, 6.45) is 3.28. The molecule has 4 heteroatoms. The number of ether oxygens (including phenoxy) is 1. The third kappa shape index (κ3) is 4.09. The van der Waals surface area contributed by atoms with Crippen LogP contribution in [0.1, 0.15) is 19.3 Å². The van der Waals surface area contributed by atoms with Crippen LogP contribution < -0.4 is 0 Å². The minimum atomic E-state index is 0.784.